The van der Waals surface area contributed by atoms with Crippen molar-refractivity contribution in [1.82, 2.24) is 0 Å². The molecule has 0 spiro atoms. The van der Waals surface area contributed by atoms with Crippen LogP contribution in [0.5, 0.6) is 5.75 Å². The fourth-order valence-electron chi connectivity index (χ4n) is 3.30. The van der Waals surface area contributed by atoms with Crippen molar-refractivity contribution in [3.05, 3.63) is 82.9 Å². The fraction of sp³-hybridized carbons (Fsp3) is 0. The van der Waals surface area contributed by atoms with Crippen molar-refractivity contribution >= 4 is 119 Å². The Morgan fingerprint density at radius 1 is 0.700 bits per heavy atom. The van der Waals surface area contributed by atoms with E-state index in [1.165, 1.54) is 12.1 Å². The van der Waals surface area contributed by atoms with E-state index in [4.69, 9.17) is 0 Å². The number of nitro groups is 1. The average molecular weight is 606 g/mol. The van der Waals surface area contributed by atoms with Gasteiger partial charge in [0.1, 0.15) is 21.2 Å². The number of aromatic hydroxyl groups is 1. The zero-order valence-corrected chi connectivity index (χ0v) is 20.4. The van der Waals surface area contributed by atoms with Crippen LogP contribution in [0.15, 0.2) is 103 Å². The Labute approximate surface area is 271 Å². The van der Waals surface area contributed by atoms with E-state index in [2.05, 4.69) is 20.5 Å². The molecule has 0 aliphatic rings. The second-order valence-corrected chi connectivity index (χ2v) is 10.4. The third-order valence-corrected chi connectivity index (χ3v) is 6.79. The first-order chi connectivity index (χ1) is 17.8. The predicted molar refractivity (Wildman–Crippen MR) is 147 cm³/mol. The zero-order valence-electron chi connectivity index (χ0n) is 18.8. The van der Waals surface area contributed by atoms with Crippen molar-refractivity contribution in [2.45, 2.75) is 9.79 Å². The van der Waals surface area contributed by atoms with Gasteiger partial charge in [0.25, 0.3) is 25.9 Å². The van der Waals surface area contributed by atoms with Gasteiger partial charge < -0.3 is 5.11 Å². The van der Waals surface area contributed by atoms with Crippen LogP contribution in [0.25, 0.3) is 10.8 Å². The molecule has 0 heterocycles. The van der Waals surface area contributed by atoms with Crippen LogP contribution in [0.2, 0.25) is 0 Å². The molecule has 18 heteroatoms. The SMILES string of the molecule is O=[N+]([O-])c1ccc(N=Nc2cc3c(O)c(N=Nc4ccccc4)c(S(=O)(=O)O)cc3cc2S(=O)(=O)O)cc1.[NaH].[NaH]. The Bertz CT molecular complexity index is 1850. The van der Waals surface area contributed by atoms with Gasteiger partial charge in [0.05, 0.1) is 16.3 Å². The van der Waals surface area contributed by atoms with Crippen LogP contribution in [0.4, 0.5) is 28.4 Å². The Morgan fingerprint density at radius 3 is 1.77 bits per heavy atom. The minimum absolute atomic E-state index is 0. The molecule has 0 radical (unpaired) electrons. The van der Waals surface area contributed by atoms with Crippen LogP contribution in [-0.4, -0.2) is 95.1 Å². The van der Waals surface area contributed by atoms with Gasteiger partial charge >= 0.3 is 59.1 Å². The number of azo groups is 2. The number of rotatable bonds is 7. The number of hydrogen-bond donors (Lipinski definition) is 3. The van der Waals surface area contributed by atoms with Gasteiger partial charge in [0.15, 0.2) is 5.75 Å². The van der Waals surface area contributed by atoms with Gasteiger partial charge in [-0.1, -0.05) is 18.2 Å². The standard InChI is InChI=1S/C22H15N5O9S2.2Na.2H/c28-22-17-12-18(25-23-15-6-8-16(9-7-15)27(29)30)19(37(31,32)33)10-13(17)11-20(38(34,35)36)21(22)26-24-14-4-2-1-3-5-14;;;;/h1-12,28H,(H,31,32,33)(H,34,35,36);;;;. The molecule has 0 atom stereocenters. The van der Waals surface area contributed by atoms with E-state index in [1.54, 1.807) is 30.3 Å². The summed E-state index contributed by atoms with van der Waals surface area (Å²) in [4.78, 5) is 8.51. The Kier molecular flexibility index (Phi) is 11.2. The normalized spacial score (nSPS) is 11.8. The number of phenolic OH excluding ortho intramolecular Hbond substituents is 1. The van der Waals surface area contributed by atoms with Crippen LogP contribution in [-0.2, 0) is 20.2 Å². The van der Waals surface area contributed by atoms with Crippen LogP contribution in [0.1, 0.15) is 0 Å². The van der Waals surface area contributed by atoms with E-state index in [1.807, 2.05) is 0 Å². The molecule has 198 valence electrons. The number of nitro benzene ring substituents is 1. The molecule has 4 rings (SSSR count). The molecule has 4 aromatic carbocycles. The molecule has 0 fully saturated rings. The first kappa shape index (κ1) is 33.6. The number of benzene rings is 4. The quantitative estimate of drug-likeness (QED) is 0.0886. The molecule has 0 amide bonds. The van der Waals surface area contributed by atoms with Crippen LogP contribution in [0, 0.1) is 10.1 Å². The molecule has 0 saturated heterocycles. The Morgan fingerprint density at radius 2 is 1.23 bits per heavy atom. The average Bonchev–Trinajstić information content (AvgIpc) is 2.86. The summed E-state index contributed by atoms with van der Waals surface area (Å²) in [6.07, 6.45) is 0. The van der Waals surface area contributed by atoms with Crippen LogP contribution >= 0.6 is 0 Å². The Hall–Kier alpha value is -2.64. The van der Waals surface area contributed by atoms with E-state index in [9.17, 15) is 41.2 Å². The zero-order chi connectivity index (χ0) is 27.7. The number of nitrogens with zero attached hydrogens (tertiary/aromatic N) is 5. The monoisotopic (exact) mass is 605 g/mol. The third kappa shape index (κ3) is 7.76. The van der Waals surface area contributed by atoms with Gasteiger partial charge in [-0.05, 0) is 47.9 Å². The number of non-ortho nitro benzene ring substituents is 1. The molecular formula is C22H17N5Na2O9S2. The number of hydrogen-bond acceptors (Lipinski definition) is 11. The van der Waals surface area contributed by atoms with Gasteiger partial charge in [-0.25, -0.2) is 0 Å². The van der Waals surface area contributed by atoms with E-state index < -0.39 is 52.1 Å². The number of phenols is 1. The molecule has 4 aromatic rings. The van der Waals surface area contributed by atoms with Crippen molar-refractivity contribution in [2.75, 3.05) is 0 Å². The topological polar surface area (TPSA) is 222 Å². The number of fused-ring (bicyclic) bond motifs is 1. The summed E-state index contributed by atoms with van der Waals surface area (Å²) in [5, 5.41) is 36.5. The molecule has 0 aliphatic carbocycles. The van der Waals surface area contributed by atoms with Crippen LogP contribution in [0.3, 0.4) is 0 Å². The second-order valence-electron chi connectivity index (χ2n) is 7.57. The van der Waals surface area contributed by atoms with Crippen molar-refractivity contribution in [1.29, 1.82) is 0 Å². The molecule has 0 aliphatic heterocycles. The predicted octanol–water partition coefficient (Wildman–Crippen LogP) is 4.48. The van der Waals surface area contributed by atoms with Gasteiger partial charge in [0.2, 0.25) is 0 Å². The van der Waals surface area contributed by atoms with E-state index in [0.717, 1.165) is 30.3 Å². The summed E-state index contributed by atoms with van der Waals surface area (Å²) >= 11 is 0. The van der Waals surface area contributed by atoms with Crippen LogP contribution < -0.4 is 0 Å². The maximum absolute atomic E-state index is 12.0. The molecule has 40 heavy (non-hydrogen) atoms. The van der Waals surface area contributed by atoms with E-state index in [-0.39, 0.29) is 81.3 Å². The first-order valence-corrected chi connectivity index (χ1v) is 13.1. The maximum atomic E-state index is 12.0. The van der Waals surface area contributed by atoms with E-state index in [0.29, 0.717) is 5.69 Å². The van der Waals surface area contributed by atoms with Gasteiger partial charge in [0, 0.05) is 17.5 Å². The summed E-state index contributed by atoms with van der Waals surface area (Å²) < 4.78 is 67.6. The summed E-state index contributed by atoms with van der Waals surface area (Å²) in [6.45, 7) is 0. The molecule has 0 saturated carbocycles. The van der Waals surface area contributed by atoms with Crippen molar-refractivity contribution in [2.24, 2.45) is 20.5 Å². The van der Waals surface area contributed by atoms with Crippen molar-refractivity contribution < 1.29 is 36.0 Å². The first-order valence-electron chi connectivity index (χ1n) is 10.3. The van der Waals surface area contributed by atoms with Gasteiger partial charge in [-0.15, -0.1) is 10.2 Å². The summed E-state index contributed by atoms with van der Waals surface area (Å²) in [7, 11) is -9.93. The third-order valence-electron chi connectivity index (χ3n) is 5.04. The minimum atomic E-state index is -4.98. The van der Waals surface area contributed by atoms with Gasteiger partial charge in [-0.3, -0.25) is 19.2 Å². The van der Waals surface area contributed by atoms with Crippen molar-refractivity contribution in [3.63, 3.8) is 0 Å². The molecule has 0 unspecified atom stereocenters. The molecule has 0 aromatic heterocycles. The molecular weight excluding hydrogens is 588 g/mol. The molecule has 0 bridgehead atoms. The van der Waals surface area contributed by atoms with E-state index >= 15 is 0 Å². The summed E-state index contributed by atoms with van der Waals surface area (Å²) in [6, 6.07) is 15.5. The second kappa shape index (κ2) is 13.3. The van der Waals surface area contributed by atoms with Gasteiger partial charge in [-0.2, -0.15) is 27.1 Å². The summed E-state index contributed by atoms with van der Waals surface area (Å²) in [5.74, 6) is -0.788. The fourth-order valence-corrected chi connectivity index (χ4v) is 4.59. The molecule has 3 N–H and O–H groups in total. The Balaban J connectivity index is 0.00000280. The van der Waals surface area contributed by atoms with Crippen molar-refractivity contribution in [3.8, 4) is 5.75 Å². The summed E-state index contributed by atoms with van der Waals surface area (Å²) in [5.41, 5.74) is -0.918. The molecule has 14 nitrogen and oxygen atoms in total.